The van der Waals surface area contributed by atoms with Gasteiger partial charge in [0.2, 0.25) is 15.9 Å². The Kier molecular flexibility index (Phi) is 8.98. The lowest BCUT2D eigenvalue weighted by Crippen LogP contribution is -2.60. The summed E-state index contributed by atoms with van der Waals surface area (Å²) in [5.41, 5.74) is 2.02. The van der Waals surface area contributed by atoms with E-state index in [4.69, 9.17) is 0 Å². The van der Waals surface area contributed by atoms with E-state index in [0.29, 0.717) is 10.8 Å². The lowest BCUT2D eigenvalue weighted by Gasteiger charge is -2.39. The van der Waals surface area contributed by atoms with Crippen molar-refractivity contribution < 1.29 is 41.0 Å². The monoisotopic (exact) mass is 627 g/mol. The summed E-state index contributed by atoms with van der Waals surface area (Å²) >= 11 is 0.919. The molecule has 0 radical (unpaired) electrons. The number of carboxylic acids is 1. The minimum Gasteiger partial charge on any atom is -0.477 e. The molecule has 4 rings (SSSR count). The molecule has 11 nitrogen and oxygen atoms in total. The number of thiazole rings is 1. The van der Waals surface area contributed by atoms with Crippen LogP contribution in [0.25, 0.3) is 0 Å². The zero-order valence-corrected chi connectivity index (χ0v) is 24.4. The molecule has 16 heteroatoms. The molecule has 0 saturated carbocycles. The number of halogens is 3. The average Bonchev–Trinajstić information content (AvgIpc) is 3.33. The van der Waals surface area contributed by atoms with Gasteiger partial charge in [-0.3, -0.25) is 4.79 Å². The van der Waals surface area contributed by atoms with Crippen LogP contribution in [-0.2, 0) is 21.4 Å². The van der Waals surface area contributed by atoms with Crippen LogP contribution in [0.5, 0.6) is 5.75 Å². The summed E-state index contributed by atoms with van der Waals surface area (Å²) in [5.74, 6) is -2.34. The van der Waals surface area contributed by atoms with Gasteiger partial charge in [0.05, 0.1) is 10.6 Å². The Morgan fingerprint density at radius 1 is 1.12 bits per heavy atom. The Labute approximate surface area is 244 Å². The second kappa shape index (κ2) is 12.1. The Balaban J connectivity index is 1.60. The number of ether oxygens (including phenoxy) is 1. The number of piperazine rings is 1. The first-order valence-electron chi connectivity index (χ1n) is 12.5. The van der Waals surface area contributed by atoms with Gasteiger partial charge in [-0.25, -0.2) is 18.2 Å². The number of nitrogens with one attached hydrogen (secondary N) is 1. The summed E-state index contributed by atoms with van der Waals surface area (Å²) in [7, 11) is -0.565. The maximum absolute atomic E-state index is 13.6. The summed E-state index contributed by atoms with van der Waals surface area (Å²) in [6.07, 6.45) is -4.94. The van der Waals surface area contributed by atoms with Crippen LogP contribution in [-0.4, -0.2) is 80.8 Å². The van der Waals surface area contributed by atoms with Crippen molar-refractivity contribution in [2.75, 3.05) is 43.5 Å². The maximum Gasteiger partial charge on any atom is 0.573 e. The number of nitrogens with zero attached hydrogens (tertiary/aromatic N) is 4. The van der Waals surface area contributed by atoms with Gasteiger partial charge < -0.3 is 25.0 Å². The summed E-state index contributed by atoms with van der Waals surface area (Å²) in [6.45, 7) is 1.45. The molecule has 1 aliphatic rings. The molecule has 0 spiro atoms. The highest BCUT2D eigenvalue weighted by atomic mass is 32.2. The standard InChI is InChI=1S/C26H28F3N5O6S2/c1-16-22(24(36)37)41-25(31-16)33-12-13-34(42(38,39)20-10-8-19(9-11-20)40-26(27,28)29)21(15-33)23(35)30-14-17-4-6-18(7-5-17)32(2)3/h4-11,21H,12-15H2,1-3H3,(H,30,35)(H,36,37). The third-order valence-corrected chi connectivity index (χ3v) is 9.60. The molecule has 1 aliphatic heterocycles. The van der Waals surface area contributed by atoms with Crippen LogP contribution < -0.4 is 19.9 Å². The first-order chi connectivity index (χ1) is 19.7. The number of hydrogen-bond acceptors (Lipinski definition) is 9. The summed E-state index contributed by atoms with van der Waals surface area (Å²) < 4.78 is 69.8. The summed E-state index contributed by atoms with van der Waals surface area (Å²) in [6, 6.07) is 9.87. The lowest BCUT2D eigenvalue weighted by atomic mass is 10.1. The number of carboxylic acid groups (broad SMARTS) is 1. The number of anilines is 2. The fraction of sp³-hybridized carbons (Fsp3) is 0.346. The van der Waals surface area contributed by atoms with Crippen molar-refractivity contribution in [1.29, 1.82) is 0 Å². The molecule has 2 heterocycles. The molecule has 1 saturated heterocycles. The van der Waals surface area contributed by atoms with Gasteiger partial charge >= 0.3 is 12.3 Å². The first-order valence-corrected chi connectivity index (χ1v) is 14.8. The summed E-state index contributed by atoms with van der Waals surface area (Å²) in [5, 5.41) is 12.5. The predicted molar refractivity (Wildman–Crippen MR) is 149 cm³/mol. The van der Waals surface area contributed by atoms with Crippen LogP contribution >= 0.6 is 11.3 Å². The number of benzene rings is 2. The van der Waals surface area contributed by atoms with Gasteiger partial charge in [0.25, 0.3) is 0 Å². The van der Waals surface area contributed by atoms with Crippen LogP contribution in [0.2, 0.25) is 0 Å². The number of carbonyl (C=O) groups excluding carboxylic acids is 1. The molecule has 42 heavy (non-hydrogen) atoms. The van der Waals surface area contributed by atoms with E-state index in [1.165, 1.54) is 0 Å². The molecule has 226 valence electrons. The van der Waals surface area contributed by atoms with Crippen molar-refractivity contribution in [3.63, 3.8) is 0 Å². The molecular weight excluding hydrogens is 599 g/mol. The smallest absolute Gasteiger partial charge is 0.477 e. The molecule has 1 atom stereocenters. The van der Waals surface area contributed by atoms with E-state index in [2.05, 4.69) is 15.0 Å². The van der Waals surface area contributed by atoms with Crippen molar-refractivity contribution in [1.82, 2.24) is 14.6 Å². The quantitative estimate of drug-likeness (QED) is 0.367. The van der Waals surface area contributed by atoms with Crippen molar-refractivity contribution >= 4 is 44.1 Å². The van der Waals surface area contributed by atoms with Gasteiger partial charge in [0.15, 0.2) is 5.13 Å². The average molecular weight is 628 g/mol. The minimum atomic E-state index is -4.94. The zero-order chi connectivity index (χ0) is 30.8. The van der Waals surface area contributed by atoms with Crippen LogP contribution in [0.15, 0.2) is 53.4 Å². The van der Waals surface area contributed by atoms with Crippen LogP contribution in [0, 0.1) is 6.92 Å². The van der Waals surface area contributed by atoms with Crippen LogP contribution in [0.1, 0.15) is 20.9 Å². The maximum atomic E-state index is 13.6. The van der Waals surface area contributed by atoms with Crippen molar-refractivity contribution in [2.45, 2.75) is 30.8 Å². The Morgan fingerprint density at radius 3 is 2.31 bits per heavy atom. The second-order valence-corrected chi connectivity index (χ2v) is 12.5. The van der Waals surface area contributed by atoms with Crippen molar-refractivity contribution in [2.24, 2.45) is 0 Å². The number of aromatic nitrogens is 1. The second-order valence-electron chi connectivity index (χ2n) is 9.59. The number of aryl methyl sites for hydroxylation is 1. The number of amides is 1. The van der Waals surface area contributed by atoms with E-state index in [0.717, 1.165) is 51.2 Å². The topological polar surface area (TPSA) is 132 Å². The number of carbonyl (C=O) groups is 2. The largest absolute Gasteiger partial charge is 0.573 e. The molecule has 1 unspecified atom stereocenters. The molecule has 1 amide bonds. The Morgan fingerprint density at radius 2 is 1.76 bits per heavy atom. The van der Waals surface area contributed by atoms with Gasteiger partial charge in [-0.2, -0.15) is 4.31 Å². The van der Waals surface area contributed by atoms with Crippen molar-refractivity contribution in [3.8, 4) is 5.75 Å². The van der Waals surface area contributed by atoms with E-state index in [-0.39, 0.29) is 36.0 Å². The van der Waals surface area contributed by atoms with Gasteiger partial charge in [0, 0.05) is 46.0 Å². The highest BCUT2D eigenvalue weighted by molar-refractivity contribution is 7.89. The SMILES string of the molecule is Cc1nc(N2CCN(S(=O)(=O)c3ccc(OC(F)(F)F)cc3)C(C(=O)NCc3ccc(N(C)C)cc3)C2)sc1C(=O)O. The highest BCUT2D eigenvalue weighted by Gasteiger charge is 2.41. The van der Waals surface area contributed by atoms with E-state index >= 15 is 0 Å². The summed E-state index contributed by atoms with van der Waals surface area (Å²) in [4.78, 5) is 32.6. The predicted octanol–water partition coefficient (Wildman–Crippen LogP) is 3.31. The van der Waals surface area contributed by atoms with Crippen molar-refractivity contribution in [3.05, 3.63) is 64.7 Å². The molecule has 2 aromatic carbocycles. The van der Waals surface area contributed by atoms with E-state index in [1.807, 2.05) is 43.3 Å². The molecule has 1 fully saturated rings. The first kappa shape index (κ1) is 31.1. The fourth-order valence-corrected chi connectivity index (χ4v) is 6.84. The van der Waals surface area contributed by atoms with Gasteiger partial charge in [-0.15, -0.1) is 13.2 Å². The molecule has 1 aromatic heterocycles. The molecule has 0 bridgehead atoms. The number of hydrogen-bond donors (Lipinski definition) is 2. The third kappa shape index (κ3) is 7.11. The Hall–Kier alpha value is -3.89. The molecular formula is C26H28F3N5O6S2. The number of aromatic carboxylic acids is 1. The molecule has 0 aliphatic carbocycles. The number of rotatable bonds is 9. The molecule has 3 aromatic rings. The highest BCUT2D eigenvalue weighted by Crippen LogP contribution is 2.31. The van der Waals surface area contributed by atoms with Gasteiger partial charge in [-0.05, 0) is 48.9 Å². The number of alkyl halides is 3. The van der Waals surface area contributed by atoms with E-state index in [9.17, 15) is 36.3 Å². The van der Waals surface area contributed by atoms with Crippen LogP contribution in [0.4, 0.5) is 24.0 Å². The number of sulfonamides is 1. The molecule has 2 N–H and O–H groups in total. The Bertz CT molecular complexity index is 1540. The third-order valence-electron chi connectivity index (χ3n) is 6.47. The van der Waals surface area contributed by atoms with Gasteiger partial charge in [0.1, 0.15) is 16.7 Å². The fourth-order valence-electron chi connectivity index (χ4n) is 4.32. The van der Waals surface area contributed by atoms with E-state index < -0.39 is 40.1 Å². The zero-order valence-electron chi connectivity index (χ0n) is 22.8. The van der Waals surface area contributed by atoms with Crippen LogP contribution in [0.3, 0.4) is 0 Å². The normalized spacial score (nSPS) is 16.2. The van der Waals surface area contributed by atoms with Gasteiger partial charge in [-0.1, -0.05) is 23.5 Å². The minimum absolute atomic E-state index is 0.0309. The van der Waals surface area contributed by atoms with E-state index in [1.54, 1.807) is 11.8 Å². The lowest BCUT2D eigenvalue weighted by molar-refractivity contribution is -0.274.